The van der Waals surface area contributed by atoms with E-state index in [0.29, 0.717) is 6.42 Å². The molecule has 4 heteroatoms. The van der Waals surface area contributed by atoms with Gasteiger partial charge in [-0.05, 0) is 17.7 Å². The molecule has 2 aromatic carbocycles. The molecule has 0 unspecified atom stereocenters. The standard InChI is InChI=1S/C17H18O4/c1-20-17(21-2,15-9-4-3-5-10-15)12-13-7-6-8-14(11-13)16(18)19/h3-11H,12H2,1-2H3,(H,18,19). The summed E-state index contributed by atoms with van der Waals surface area (Å²) in [7, 11) is 3.16. The molecule has 21 heavy (non-hydrogen) atoms. The van der Waals surface area contributed by atoms with Crippen LogP contribution in [0, 0.1) is 0 Å². The van der Waals surface area contributed by atoms with Gasteiger partial charge in [-0.25, -0.2) is 4.79 Å². The summed E-state index contributed by atoms with van der Waals surface area (Å²) in [6.45, 7) is 0. The van der Waals surface area contributed by atoms with Crippen LogP contribution in [0.2, 0.25) is 0 Å². The van der Waals surface area contributed by atoms with Gasteiger partial charge in [-0.2, -0.15) is 0 Å². The topological polar surface area (TPSA) is 55.8 Å². The monoisotopic (exact) mass is 286 g/mol. The summed E-state index contributed by atoms with van der Waals surface area (Å²) in [5, 5.41) is 9.08. The Labute approximate surface area is 123 Å². The molecule has 0 spiro atoms. The molecule has 2 aromatic rings. The number of carboxylic acids is 1. The average Bonchev–Trinajstić information content (AvgIpc) is 2.54. The fourth-order valence-electron chi connectivity index (χ4n) is 2.34. The van der Waals surface area contributed by atoms with Crippen LogP contribution in [0.3, 0.4) is 0 Å². The van der Waals surface area contributed by atoms with Gasteiger partial charge in [-0.15, -0.1) is 0 Å². The molecule has 0 aliphatic carbocycles. The molecule has 110 valence electrons. The lowest BCUT2D eigenvalue weighted by Crippen LogP contribution is -2.33. The molecule has 0 atom stereocenters. The molecule has 1 N–H and O–H groups in total. The second-order valence-corrected chi connectivity index (χ2v) is 4.71. The van der Waals surface area contributed by atoms with Gasteiger partial charge in [0.25, 0.3) is 0 Å². The lowest BCUT2D eigenvalue weighted by molar-refractivity contribution is -0.215. The molecular weight excluding hydrogens is 268 g/mol. The van der Waals surface area contributed by atoms with E-state index in [2.05, 4.69) is 0 Å². The van der Waals surface area contributed by atoms with E-state index in [1.807, 2.05) is 36.4 Å². The summed E-state index contributed by atoms with van der Waals surface area (Å²) in [4.78, 5) is 11.1. The van der Waals surface area contributed by atoms with E-state index in [9.17, 15) is 4.79 Å². The van der Waals surface area contributed by atoms with E-state index in [-0.39, 0.29) is 5.56 Å². The van der Waals surface area contributed by atoms with Crippen molar-refractivity contribution >= 4 is 5.97 Å². The van der Waals surface area contributed by atoms with Crippen LogP contribution in [0.1, 0.15) is 21.5 Å². The van der Waals surface area contributed by atoms with E-state index in [4.69, 9.17) is 14.6 Å². The van der Waals surface area contributed by atoms with Crippen LogP contribution in [0.25, 0.3) is 0 Å². The Hall–Kier alpha value is -2.17. The molecule has 4 nitrogen and oxygen atoms in total. The van der Waals surface area contributed by atoms with Crippen molar-refractivity contribution in [1.29, 1.82) is 0 Å². The van der Waals surface area contributed by atoms with Gasteiger partial charge in [0.2, 0.25) is 0 Å². The first-order chi connectivity index (χ1) is 10.1. The highest BCUT2D eigenvalue weighted by Crippen LogP contribution is 2.30. The number of rotatable bonds is 6. The minimum absolute atomic E-state index is 0.252. The molecule has 0 amide bonds. The fourth-order valence-corrected chi connectivity index (χ4v) is 2.34. The molecule has 0 bridgehead atoms. The number of carboxylic acid groups (broad SMARTS) is 1. The number of hydrogen-bond acceptors (Lipinski definition) is 3. The van der Waals surface area contributed by atoms with Crippen molar-refractivity contribution in [3.8, 4) is 0 Å². The zero-order valence-corrected chi connectivity index (χ0v) is 12.1. The minimum Gasteiger partial charge on any atom is -0.478 e. The maximum atomic E-state index is 11.1. The van der Waals surface area contributed by atoms with Crippen LogP contribution in [-0.2, 0) is 21.7 Å². The second kappa shape index (κ2) is 6.52. The second-order valence-electron chi connectivity index (χ2n) is 4.71. The van der Waals surface area contributed by atoms with E-state index < -0.39 is 11.8 Å². The van der Waals surface area contributed by atoms with E-state index in [1.54, 1.807) is 32.4 Å². The summed E-state index contributed by atoms with van der Waals surface area (Å²) < 4.78 is 11.2. The van der Waals surface area contributed by atoms with Gasteiger partial charge in [-0.1, -0.05) is 42.5 Å². The Morgan fingerprint density at radius 3 is 2.29 bits per heavy atom. The highest BCUT2D eigenvalue weighted by Gasteiger charge is 2.32. The highest BCUT2D eigenvalue weighted by atomic mass is 16.7. The fraction of sp³-hybridized carbons (Fsp3) is 0.235. The first-order valence-electron chi connectivity index (χ1n) is 6.59. The maximum Gasteiger partial charge on any atom is 0.335 e. The van der Waals surface area contributed by atoms with Crippen LogP contribution >= 0.6 is 0 Å². The molecule has 0 saturated carbocycles. The van der Waals surface area contributed by atoms with Gasteiger partial charge in [0.1, 0.15) is 0 Å². The Balaban J connectivity index is 2.37. The van der Waals surface area contributed by atoms with Crippen molar-refractivity contribution in [1.82, 2.24) is 0 Å². The summed E-state index contributed by atoms with van der Waals surface area (Å²) in [6.07, 6.45) is 0.422. The molecule has 0 saturated heterocycles. The van der Waals surface area contributed by atoms with Gasteiger partial charge in [0.05, 0.1) is 5.56 Å². The van der Waals surface area contributed by atoms with E-state index in [0.717, 1.165) is 11.1 Å². The van der Waals surface area contributed by atoms with Crippen molar-refractivity contribution in [2.45, 2.75) is 12.2 Å². The molecule has 0 radical (unpaired) electrons. The third kappa shape index (κ3) is 3.29. The smallest absolute Gasteiger partial charge is 0.335 e. The largest absolute Gasteiger partial charge is 0.478 e. The summed E-state index contributed by atoms with van der Waals surface area (Å²) >= 11 is 0. The highest BCUT2D eigenvalue weighted by molar-refractivity contribution is 5.87. The third-order valence-electron chi connectivity index (χ3n) is 3.48. The zero-order valence-electron chi connectivity index (χ0n) is 12.1. The number of aromatic carboxylic acids is 1. The SMILES string of the molecule is COC(Cc1cccc(C(=O)O)c1)(OC)c1ccccc1. The predicted molar refractivity (Wildman–Crippen MR) is 79.2 cm³/mol. The Morgan fingerprint density at radius 2 is 1.71 bits per heavy atom. The molecular formula is C17H18O4. The molecule has 0 aliphatic heterocycles. The molecule has 0 heterocycles. The van der Waals surface area contributed by atoms with E-state index in [1.165, 1.54) is 0 Å². The van der Waals surface area contributed by atoms with Gasteiger partial charge in [0, 0.05) is 26.2 Å². The Bertz CT molecular complexity index is 603. The lowest BCUT2D eigenvalue weighted by atomic mass is 9.96. The first-order valence-corrected chi connectivity index (χ1v) is 6.59. The zero-order chi connectivity index (χ0) is 15.3. The third-order valence-corrected chi connectivity index (χ3v) is 3.48. The Morgan fingerprint density at radius 1 is 1.05 bits per heavy atom. The number of benzene rings is 2. The first kappa shape index (κ1) is 15.2. The van der Waals surface area contributed by atoms with Crippen LogP contribution in [0.4, 0.5) is 0 Å². The minimum atomic E-state index is -0.947. The Kier molecular flexibility index (Phi) is 4.73. The molecule has 2 rings (SSSR count). The molecule has 0 fully saturated rings. The summed E-state index contributed by atoms with van der Waals surface area (Å²) in [5.41, 5.74) is 1.97. The molecule has 0 aliphatic rings. The van der Waals surface area contributed by atoms with Crippen LogP contribution in [0.5, 0.6) is 0 Å². The average molecular weight is 286 g/mol. The van der Waals surface area contributed by atoms with Crippen molar-refractivity contribution in [2.24, 2.45) is 0 Å². The van der Waals surface area contributed by atoms with Crippen molar-refractivity contribution in [2.75, 3.05) is 14.2 Å². The maximum absolute atomic E-state index is 11.1. The number of hydrogen-bond donors (Lipinski definition) is 1. The summed E-state index contributed by atoms with van der Waals surface area (Å²) in [5.74, 6) is -1.88. The van der Waals surface area contributed by atoms with Gasteiger partial charge >= 0.3 is 5.97 Å². The van der Waals surface area contributed by atoms with Gasteiger partial charge in [-0.3, -0.25) is 0 Å². The van der Waals surface area contributed by atoms with Crippen LogP contribution in [-0.4, -0.2) is 25.3 Å². The number of carbonyl (C=O) groups is 1. The van der Waals surface area contributed by atoms with E-state index >= 15 is 0 Å². The number of methoxy groups -OCH3 is 2. The van der Waals surface area contributed by atoms with Crippen molar-refractivity contribution in [3.05, 3.63) is 71.3 Å². The van der Waals surface area contributed by atoms with Gasteiger partial charge in [0.15, 0.2) is 5.79 Å². The number of ether oxygens (including phenoxy) is 2. The summed E-state index contributed by atoms with van der Waals surface area (Å²) in [6, 6.07) is 16.4. The van der Waals surface area contributed by atoms with Crippen molar-refractivity contribution in [3.63, 3.8) is 0 Å². The van der Waals surface area contributed by atoms with Gasteiger partial charge < -0.3 is 14.6 Å². The predicted octanol–water partition coefficient (Wildman–Crippen LogP) is 3.07. The lowest BCUT2D eigenvalue weighted by Gasteiger charge is -2.31. The van der Waals surface area contributed by atoms with Crippen molar-refractivity contribution < 1.29 is 19.4 Å². The normalized spacial score (nSPS) is 11.3. The molecule has 0 aromatic heterocycles. The quantitative estimate of drug-likeness (QED) is 0.829. The van der Waals surface area contributed by atoms with Crippen LogP contribution < -0.4 is 0 Å². The van der Waals surface area contributed by atoms with Crippen LogP contribution in [0.15, 0.2) is 54.6 Å².